The van der Waals surface area contributed by atoms with Crippen LogP contribution in [0.3, 0.4) is 0 Å². The Morgan fingerprint density at radius 3 is 2.59 bits per heavy atom. The lowest BCUT2D eigenvalue weighted by molar-refractivity contribution is 0.387. The van der Waals surface area contributed by atoms with E-state index in [2.05, 4.69) is 18.3 Å². The molecule has 0 aliphatic heterocycles. The number of nitrogens with one attached hydrogen (secondary N) is 1. The standard InChI is InChI=1S/C13H21NO2S/c1-5-11(9-14-2)17-13-7-6-10(15-3)8-12(13)16-4/h6-8,11,14H,5,9H2,1-4H3. The molecule has 17 heavy (non-hydrogen) atoms. The monoisotopic (exact) mass is 255 g/mol. The Morgan fingerprint density at radius 2 is 2.06 bits per heavy atom. The number of thioether (sulfide) groups is 1. The van der Waals surface area contributed by atoms with Crippen molar-refractivity contribution in [1.29, 1.82) is 0 Å². The highest BCUT2D eigenvalue weighted by molar-refractivity contribution is 8.00. The normalized spacial score (nSPS) is 12.2. The first kappa shape index (κ1) is 14.2. The molecule has 0 aliphatic rings. The van der Waals surface area contributed by atoms with Gasteiger partial charge >= 0.3 is 0 Å². The van der Waals surface area contributed by atoms with Gasteiger partial charge in [-0.05, 0) is 25.6 Å². The minimum absolute atomic E-state index is 0.558. The van der Waals surface area contributed by atoms with Gasteiger partial charge in [0.15, 0.2) is 0 Å². The Labute approximate surface area is 108 Å². The molecule has 0 fully saturated rings. The number of methoxy groups -OCH3 is 2. The molecule has 3 nitrogen and oxygen atoms in total. The Balaban J connectivity index is 2.81. The fraction of sp³-hybridized carbons (Fsp3) is 0.538. The SMILES string of the molecule is CCC(CNC)Sc1ccc(OC)cc1OC. The van der Waals surface area contributed by atoms with Crippen LogP contribution >= 0.6 is 11.8 Å². The molecule has 0 amide bonds. The molecule has 0 aliphatic carbocycles. The highest BCUT2D eigenvalue weighted by atomic mass is 32.2. The predicted octanol–water partition coefficient (Wildman–Crippen LogP) is 2.79. The Hall–Kier alpha value is -0.870. The van der Waals surface area contributed by atoms with Crippen LogP contribution in [0, 0.1) is 0 Å². The summed E-state index contributed by atoms with van der Waals surface area (Å²) in [4.78, 5) is 1.16. The van der Waals surface area contributed by atoms with Gasteiger partial charge in [0.2, 0.25) is 0 Å². The molecule has 1 aromatic rings. The van der Waals surface area contributed by atoms with Gasteiger partial charge in [-0.25, -0.2) is 0 Å². The van der Waals surface area contributed by atoms with Crippen LogP contribution in [0.4, 0.5) is 0 Å². The largest absolute Gasteiger partial charge is 0.497 e. The van der Waals surface area contributed by atoms with E-state index < -0.39 is 0 Å². The molecule has 0 saturated heterocycles. The van der Waals surface area contributed by atoms with Gasteiger partial charge in [-0.15, -0.1) is 11.8 Å². The summed E-state index contributed by atoms with van der Waals surface area (Å²) >= 11 is 1.84. The van der Waals surface area contributed by atoms with Crippen LogP contribution in [0.5, 0.6) is 11.5 Å². The lowest BCUT2D eigenvalue weighted by atomic mass is 10.3. The molecule has 0 spiro atoms. The Morgan fingerprint density at radius 1 is 1.29 bits per heavy atom. The van der Waals surface area contributed by atoms with E-state index in [1.165, 1.54) is 0 Å². The molecule has 0 aromatic heterocycles. The molecule has 0 saturated carbocycles. The maximum absolute atomic E-state index is 5.39. The van der Waals surface area contributed by atoms with E-state index in [9.17, 15) is 0 Å². The zero-order chi connectivity index (χ0) is 12.7. The van der Waals surface area contributed by atoms with Gasteiger partial charge in [-0.1, -0.05) is 6.92 Å². The zero-order valence-electron chi connectivity index (χ0n) is 10.9. The number of rotatable bonds is 7. The third kappa shape index (κ3) is 4.13. The van der Waals surface area contributed by atoms with Crippen molar-refractivity contribution in [2.45, 2.75) is 23.5 Å². The van der Waals surface area contributed by atoms with Gasteiger partial charge in [0.1, 0.15) is 11.5 Å². The summed E-state index contributed by atoms with van der Waals surface area (Å²) in [5, 5.41) is 3.77. The van der Waals surface area contributed by atoms with Crippen LogP contribution in [0.15, 0.2) is 23.1 Å². The van der Waals surface area contributed by atoms with E-state index in [1.807, 2.05) is 30.9 Å². The fourth-order valence-electron chi connectivity index (χ4n) is 1.55. The third-order valence-electron chi connectivity index (χ3n) is 2.55. The predicted molar refractivity (Wildman–Crippen MR) is 73.4 cm³/mol. The highest BCUT2D eigenvalue weighted by Gasteiger charge is 2.11. The zero-order valence-corrected chi connectivity index (χ0v) is 11.8. The molecule has 4 heteroatoms. The van der Waals surface area contributed by atoms with Crippen molar-refractivity contribution in [1.82, 2.24) is 5.32 Å². The molecular formula is C13H21NO2S. The quantitative estimate of drug-likeness (QED) is 0.759. The maximum atomic E-state index is 5.39. The topological polar surface area (TPSA) is 30.5 Å². The van der Waals surface area contributed by atoms with Crippen molar-refractivity contribution in [3.63, 3.8) is 0 Å². The van der Waals surface area contributed by atoms with Crippen LogP contribution in [-0.2, 0) is 0 Å². The van der Waals surface area contributed by atoms with Gasteiger partial charge in [-0.3, -0.25) is 0 Å². The van der Waals surface area contributed by atoms with Crippen molar-refractivity contribution in [3.8, 4) is 11.5 Å². The van der Waals surface area contributed by atoms with Crippen LogP contribution in [-0.4, -0.2) is 33.1 Å². The number of hydrogen-bond donors (Lipinski definition) is 1. The van der Waals surface area contributed by atoms with Crippen LogP contribution < -0.4 is 14.8 Å². The first-order valence-electron chi connectivity index (χ1n) is 5.78. The van der Waals surface area contributed by atoms with Crippen molar-refractivity contribution < 1.29 is 9.47 Å². The Kier molecular flexibility index (Phi) is 6.22. The number of benzene rings is 1. The first-order valence-corrected chi connectivity index (χ1v) is 6.66. The minimum Gasteiger partial charge on any atom is -0.497 e. The summed E-state index contributed by atoms with van der Waals surface area (Å²) in [6.45, 7) is 3.20. The van der Waals surface area contributed by atoms with Gasteiger partial charge in [0.25, 0.3) is 0 Å². The summed E-state index contributed by atoms with van der Waals surface area (Å²) < 4.78 is 10.6. The average Bonchev–Trinajstić information content (AvgIpc) is 2.38. The molecule has 0 bridgehead atoms. The molecule has 96 valence electrons. The van der Waals surface area contributed by atoms with Crippen molar-refractivity contribution in [3.05, 3.63) is 18.2 Å². The molecule has 0 heterocycles. The second-order valence-corrected chi connectivity index (χ2v) is 5.06. The molecule has 1 N–H and O–H groups in total. The van der Waals surface area contributed by atoms with Crippen molar-refractivity contribution >= 4 is 11.8 Å². The van der Waals surface area contributed by atoms with Gasteiger partial charge in [0.05, 0.1) is 14.2 Å². The third-order valence-corrected chi connectivity index (χ3v) is 3.98. The molecule has 1 aromatic carbocycles. The van der Waals surface area contributed by atoms with Crippen molar-refractivity contribution in [2.75, 3.05) is 27.8 Å². The maximum Gasteiger partial charge on any atom is 0.136 e. The lowest BCUT2D eigenvalue weighted by Crippen LogP contribution is -2.20. The van der Waals surface area contributed by atoms with Crippen molar-refractivity contribution in [2.24, 2.45) is 0 Å². The lowest BCUT2D eigenvalue weighted by Gasteiger charge is -2.16. The smallest absolute Gasteiger partial charge is 0.136 e. The van der Waals surface area contributed by atoms with Gasteiger partial charge in [0, 0.05) is 22.8 Å². The van der Waals surface area contributed by atoms with E-state index in [0.29, 0.717) is 5.25 Å². The molecule has 0 radical (unpaired) electrons. The van der Waals surface area contributed by atoms with E-state index in [1.54, 1.807) is 14.2 Å². The summed E-state index contributed by atoms with van der Waals surface area (Å²) in [7, 11) is 5.34. The molecule has 1 atom stereocenters. The van der Waals surface area contributed by atoms with Gasteiger partial charge < -0.3 is 14.8 Å². The molecule has 1 rings (SSSR count). The number of ether oxygens (including phenoxy) is 2. The van der Waals surface area contributed by atoms with E-state index in [-0.39, 0.29) is 0 Å². The van der Waals surface area contributed by atoms with Gasteiger partial charge in [-0.2, -0.15) is 0 Å². The molecule has 1 unspecified atom stereocenters. The number of hydrogen-bond acceptors (Lipinski definition) is 4. The van der Waals surface area contributed by atoms with Crippen LogP contribution in [0.25, 0.3) is 0 Å². The fourth-order valence-corrected chi connectivity index (χ4v) is 2.73. The summed E-state index contributed by atoms with van der Waals surface area (Å²) in [6, 6.07) is 5.95. The van der Waals surface area contributed by atoms with E-state index >= 15 is 0 Å². The van der Waals surface area contributed by atoms with Crippen LogP contribution in [0.1, 0.15) is 13.3 Å². The minimum atomic E-state index is 0.558. The van der Waals surface area contributed by atoms with E-state index in [4.69, 9.17) is 9.47 Å². The summed E-state index contributed by atoms with van der Waals surface area (Å²) in [6.07, 6.45) is 1.13. The highest BCUT2D eigenvalue weighted by Crippen LogP contribution is 2.35. The second-order valence-electron chi connectivity index (χ2n) is 3.72. The average molecular weight is 255 g/mol. The Bertz CT molecular complexity index is 344. The summed E-state index contributed by atoms with van der Waals surface area (Å²) in [5.74, 6) is 1.71. The summed E-state index contributed by atoms with van der Waals surface area (Å²) in [5.41, 5.74) is 0. The van der Waals surface area contributed by atoms with Crippen LogP contribution in [0.2, 0.25) is 0 Å². The molecular weight excluding hydrogens is 234 g/mol. The second kappa shape index (κ2) is 7.45. The van der Waals surface area contributed by atoms with E-state index in [0.717, 1.165) is 29.4 Å². The first-order chi connectivity index (χ1) is 8.24.